The lowest BCUT2D eigenvalue weighted by atomic mass is 9.72. The predicted molar refractivity (Wildman–Crippen MR) is 102 cm³/mol. The average molecular weight is 376 g/mol. The lowest BCUT2D eigenvalue weighted by Gasteiger charge is -2.47. The average Bonchev–Trinajstić information content (AvgIpc) is 3.33. The van der Waals surface area contributed by atoms with Crippen LogP contribution in [0, 0.1) is 5.41 Å². The molecule has 27 heavy (non-hydrogen) atoms. The van der Waals surface area contributed by atoms with Crippen LogP contribution in [-0.2, 0) is 16.1 Å². The molecule has 150 valence electrons. The fourth-order valence-electron chi connectivity index (χ4n) is 4.79. The fraction of sp³-hybridized carbons (Fsp3) is 0.810. The first kappa shape index (κ1) is 18.9. The van der Waals surface area contributed by atoms with Crippen LogP contribution in [0.1, 0.15) is 69.7 Å². The molecule has 6 heteroatoms. The Morgan fingerprint density at radius 3 is 2.78 bits per heavy atom. The molecule has 1 unspecified atom stereocenters. The number of amides is 1. The van der Waals surface area contributed by atoms with Crippen LogP contribution < -0.4 is 0 Å². The number of hydrogen-bond acceptors (Lipinski definition) is 5. The Hall–Kier alpha value is -1.40. The number of hydrogen-bond donors (Lipinski definition) is 0. The van der Waals surface area contributed by atoms with E-state index in [4.69, 9.17) is 9.26 Å². The molecule has 3 saturated heterocycles. The molecule has 4 rings (SSSR count). The van der Waals surface area contributed by atoms with Gasteiger partial charge in [0.15, 0.2) is 5.76 Å². The van der Waals surface area contributed by atoms with Crippen molar-refractivity contribution in [3.63, 3.8) is 0 Å². The number of nitrogens with zero attached hydrogens (tertiary/aromatic N) is 3. The van der Waals surface area contributed by atoms with Gasteiger partial charge in [-0.3, -0.25) is 9.69 Å². The standard InChI is InChI=1S/C21H33N3O3/c1-16(2)19-12-18(27-22-19)13-23-9-7-21(8-10-23)6-5-20(25)24(15-21)14-17-4-3-11-26-17/h12,16-17H,3-11,13-15H2,1-2H3. The van der Waals surface area contributed by atoms with E-state index in [1.54, 1.807) is 0 Å². The predicted octanol–water partition coefficient (Wildman–Crippen LogP) is 3.18. The van der Waals surface area contributed by atoms with Crippen molar-refractivity contribution in [2.45, 2.75) is 70.9 Å². The monoisotopic (exact) mass is 375 g/mol. The van der Waals surface area contributed by atoms with Crippen molar-refractivity contribution in [1.29, 1.82) is 0 Å². The number of ether oxygens (including phenoxy) is 1. The molecule has 1 aromatic rings. The minimum absolute atomic E-state index is 0.255. The van der Waals surface area contributed by atoms with E-state index in [0.29, 0.717) is 23.7 Å². The van der Waals surface area contributed by atoms with Crippen LogP contribution in [0.15, 0.2) is 10.6 Å². The Labute approximate surface area is 162 Å². The van der Waals surface area contributed by atoms with Gasteiger partial charge >= 0.3 is 0 Å². The van der Waals surface area contributed by atoms with Crippen LogP contribution in [0.5, 0.6) is 0 Å². The van der Waals surface area contributed by atoms with Crippen molar-refractivity contribution in [2.75, 3.05) is 32.8 Å². The van der Waals surface area contributed by atoms with Gasteiger partial charge in [0.2, 0.25) is 5.91 Å². The van der Waals surface area contributed by atoms with Crippen LogP contribution in [0.2, 0.25) is 0 Å². The van der Waals surface area contributed by atoms with E-state index in [1.807, 2.05) is 0 Å². The molecule has 4 heterocycles. The summed E-state index contributed by atoms with van der Waals surface area (Å²) in [5.41, 5.74) is 1.34. The van der Waals surface area contributed by atoms with E-state index in [-0.39, 0.29) is 6.10 Å². The highest BCUT2D eigenvalue weighted by molar-refractivity contribution is 5.77. The van der Waals surface area contributed by atoms with E-state index in [2.05, 4.69) is 34.9 Å². The third-order valence-corrected chi connectivity index (χ3v) is 6.66. The highest BCUT2D eigenvalue weighted by Gasteiger charge is 2.41. The Morgan fingerprint density at radius 1 is 1.30 bits per heavy atom. The molecule has 3 fully saturated rings. The van der Waals surface area contributed by atoms with E-state index in [9.17, 15) is 4.79 Å². The summed E-state index contributed by atoms with van der Waals surface area (Å²) in [6.45, 7) is 9.82. The van der Waals surface area contributed by atoms with Gasteiger partial charge in [-0.05, 0) is 56.5 Å². The molecule has 1 aromatic heterocycles. The molecule has 0 radical (unpaired) electrons. The smallest absolute Gasteiger partial charge is 0.222 e. The molecular formula is C21H33N3O3. The van der Waals surface area contributed by atoms with Crippen LogP contribution in [0.25, 0.3) is 0 Å². The summed E-state index contributed by atoms with van der Waals surface area (Å²) in [5.74, 6) is 1.69. The van der Waals surface area contributed by atoms with Gasteiger partial charge in [0, 0.05) is 32.2 Å². The molecule has 3 aliphatic heterocycles. The Balaban J connectivity index is 1.31. The Kier molecular flexibility index (Phi) is 5.55. The topological polar surface area (TPSA) is 58.8 Å². The molecule has 1 spiro atoms. The molecule has 1 atom stereocenters. The molecule has 0 aliphatic carbocycles. The second kappa shape index (κ2) is 7.92. The van der Waals surface area contributed by atoms with Gasteiger partial charge in [0.05, 0.1) is 18.3 Å². The lowest BCUT2D eigenvalue weighted by Crippen LogP contribution is -2.52. The van der Waals surface area contributed by atoms with E-state index in [0.717, 1.165) is 82.9 Å². The number of aromatic nitrogens is 1. The summed E-state index contributed by atoms with van der Waals surface area (Å²) in [4.78, 5) is 17.0. The van der Waals surface area contributed by atoms with Crippen LogP contribution in [0.3, 0.4) is 0 Å². The summed E-state index contributed by atoms with van der Waals surface area (Å²) in [6, 6.07) is 2.09. The number of carbonyl (C=O) groups is 1. The first-order valence-corrected chi connectivity index (χ1v) is 10.6. The van der Waals surface area contributed by atoms with Gasteiger partial charge in [0.25, 0.3) is 0 Å². The normalized spacial score (nSPS) is 26.4. The first-order valence-electron chi connectivity index (χ1n) is 10.6. The maximum atomic E-state index is 12.4. The van der Waals surface area contributed by atoms with Gasteiger partial charge in [-0.2, -0.15) is 0 Å². The molecule has 0 N–H and O–H groups in total. The second-order valence-corrected chi connectivity index (χ2v) is 9.06. The van der Waals surface area contributed by atoms with Crippen molar-refractivity contribution in [3.8, 4) is 0 Å². The van der Waals surface area contributed by atoms with Crippen molar-refractivity contribution in [3.05, 3.63) is 17.5 Å². The van der Waals surface area contributed by atoms with Gasteiger partial charge < -0.3 is 14.2 Å². The maximum Gasteiger partial charge on any atom is 0.222 e. The number of rotatable bonds is 5. The van der Waals surface area contributed by atoms with Gasteiger partial charge in [0.1, 0.15) is 0 Å². The van der Waals surface area contributed by atoms with Crippen molar-refractivity contribution < 1.29 is 14.1 Å². The molecule has 0 aromatic carbocycles. The number of carbonyl (C=O) groups excluding carboxylic acids is 1. The third kappa shape index (κ3) is 4.37. The SMILES string of the molecule is CC(C)c1cc(CN2CCC3(CCC(=O)N(CC4CCCO4)C3)CC2)on1. The van der Waals surface area contributed by atoms with Gasteiger partial charge in [-0.25, -0.2) is 0 Å². The molecular weight excluding hydrogens is 342 g/mol. The highest BCUT2D eigenvalue weighted by Crippen LogP contribution is 2.40. The van der Waals surface area contributed by atoms with Crippen molar-refractivity contribution >= 4 is 5.91 Å². The summed E-state index contributed by atoms with van der Waals surface area (Å²) in [7, 11) is 0. The minimum atomic E-state index is 0.255. The van der Waals surface area contributed by atoms with Crippen molar-refractivity contribution in [1.82, 2.24) is 15.0 Å². The largest absolute Gasteiger partial charge is 0.376 e. The quantitative estimate of drug-likeness (QED) is 0.791. The zero-order valence-corrected chi connectivity index (χ0v) is 16.8. The zero-order valence-electron chi connectivity index (χ0n) is 16.8. The van der Waals surface area contributed by atoms with E-state index in [1.165, 1.54) is 0 Å². The molecule has 0 bridgehead atoms. The van der Waals surface area contributed by atoms with Gasteiger partial charge in [-0.15, -0.1) is 0 Å². The van der Waals surface area contributed by atoms with Gasteiger partial charge in [-0.1, -0.05) is 19.0 Å². The summed E-state index contributed by atoms with van der Waals surface area (Å²) < 4.78 is 11.3. The number of likely N-dealkylation sites (tertiary alicyclic amines) is 2. The zero-order chi connectivity index (χ0) is 18.9. The Morgan fingerprint density at radius 2 is 2.11 bits per heavy atom. The lowest BCUT2D eigenvalue weighted by molar-refractivity contribution is -0.141. The highest BCUT2D eigenvalue weighted by atomic mass is 16.5. The fourth-order valence-corrected chi connectivity index (χ4v) is 4.79. The molecule has 3 aliphatic rings. The molecule has 0 saturated carbocycles. The van der Waals surface area contributed by atoms with Crippen LogP contribution in [-0.4, -0.2) is 59.8 Å². The van der Waals surface area contributed by atoms with E-state index < -0.39 is 0 Å². The Bertz CT molecular complexity index is 643. The van der Waals surface area contributed by atoms with E-state index >= 15 is 0 Å². The first-order chi connectivity index (χ1) is 13.0. The van der Waals surface area contributed by atoms with Crippen LogP contribution >= 0.6 is 0 Å². The number of piperidine rings is 2. The summed E-state index contributed by atoms with van der Waals surface area (Å²) in [5, 5.41) is 4.17. The minimum Gasteiger partial charge on any atom is -0.376 e. The van der Waals surface area contributed by atoms with Crippen LogP contribution in [0.4, 0.5) is 0 Å². The van der Waals surface area contributed by atoms with Crippen molar-refractivity contribution in [2.24, 2.45) is 5.41 Å². The molecule has 6 nitrogen and oxygen atoms in total. The second-order valence-electron chi connectivity index (χ2n) is 9.06. The third-order valence-electron chi connectivity index (χ3n) is 6.66. The maximum absolute atomic E-state index is 12.4. The summed E-state index contributed by atoms with van der Waals surface area (Å²) in [6.07, 6.45) is 6.55. The molecule has 1 amide bonds. The summed E-state index contributed by atoms with van der Waals surface area (Å²) >= 11 is 0.